The molecule has 0 aliphatic carbocycles. The van der Waals surface area contributed by atoms with Crippen LogP contribution in [0.2, 0.25) is 0 Å². The zero-order valence-electron chi connectivity index (χ0n) is 5.76. The van der Waals surface area contributed by atoms with E-state index in [-0.39, 0.29) is 11.3 Å². The molecule has 2 rings (SSSR count). The lowest BCUT2D eigenvalue weighted by Crippen LogP contribution is -1.94. The zero-order valence-corrected chi connectivity index (χ0v) is 5.76. The Morgan fingerprint density at radius 2 is 2.42 bits per heavy atom. The average Bonchev–Trinajstić information content (AvgIpc) is 2.47. The van der Waals surface area contributed by atoms with Gasteiger partial charge in [-0.1, -0.05) is 5.16 Å². The van der Waals surface area contributed by atoms with E-state index in [1.54, 1.807) is 0 Å². The van der Waals surface area contributed by atoms with E-state index in [9.17, 15) is 4.79 Å². The van der Waals surface area contributed by atoms with Gasteiger partial charge in [0.05, 0.1) is 6.20 Å². The lowest BCUT2D eigenvalue weighted by Gasteiger charge is -1.84. The van der Waals surface area contributed by atoms with Gasteiger partial charge in [0.15, 0.2) is 5.52 Å². The second-order valence-electron chi connectivity index (χ2n) is 2.07. The van der Waals surface area contributed by atoms with Gasteiger partial charge in [0, 0.05) is 0 Å². The summed E-state index contributed by atoms with van der Waals surface area (Å²) < 4.78 is 4.52. The van der Waals surface area contributed by atoms with Crippen molar-refractivity contribution in [2.75, 3.05) is 0 Å². The molecule has 12 heavy (non-hydrogen) atoms. The fraction of sp³-hybridized carbons (Fsp3) is 0. The van der Waals surface area contributed by atoms with Crippen LogP contribution in [0, 0.1) is 0 Å². The highest BCUT2D eigenvalue weighted by Gasteiger charge is 2.15. The molecule has 2 aromatic rings. The van der Waals surface area contributed by atoms with E-state index < -0.39 is 5.97 Å². The molecule has 0 aliphatic rings. The molecule has 0 amide bonds. The van der Waals surface area contributed by atoms with Crippen LogP contribution in [0.5, 0.6) is 0 Å². The Kier molecular flexibility index (Phi) is 1.26. The highest BCUT2D eigenvalue weighted by atomic mass is 16.5. The van der Waals surface area contributed by atoms with Crippen LogP contribution in [0.3, 0.4) is 0 Å². The topological polar surface area (TPSA) is 89.1 Å². The number of rotatable bonds is 1. The SMILES string of the molecule is O=C(O)c1onc2cncnc12. The van der Waals surface area contributed by atoms with Crippen molar-refractivity contribution >= 4 is 17.0 Å². The van der Waals surface area contributed by atoms with Crippen LogP contribution in [0.15, 0.2) is 17.0 Å². The second-order valence-corrected chi connectivity index (χ2v) is 2.07. The molecule has 1 N–H and O–H groups in total. The zero-order chi connectivity index (χ0) is 8.55. The van der Waals surface area contributed by atoms with Crippen LogP contribution >= 0.6 is 0 Å². The number of carbonyl (C=O) groups is 1. The van der Waals surface area contributed by atoms with Crippen molar-refractivity contribution in [3.05, 3.63) is 18.3 Å². The maximum absolute atomic E-state index is 10.5. The van der Waals surface area contributed by atoms with Crippen molar-refractivity contribution in [1.29, 1.82) is 0 Å². The number of nitrogens with zero attached hydrogens (tertiary/aromatic N) is 3. The van der Waals surface area contributed by atoms with Gasteiger partial charge >= 0.3 is 5.97 Å². The summed E-state index contributed by atoms with van der Waals surface area (Å²) >= 11 is 0. The van der Waals surface area contributed by atoms with Crippen molar-refractivity contribution in [3.8, 4) is 0 Å². The van der Waals surface area contributed by atoms with Gasteiger partial charge < -0.3 is 9.63 Å². The molecule has 0 aliphatic heterocycles. The van der Waals surface area contributed by atoms with E-state index in [2.05, 4.69) is 19.6 Å². The summed E-state index contributed by atoms with van der Waals surface area (Å²) in [7, 11) is 0. The largest absolute Gasteiger partial charge is 0.475 e. The van der Waals surface area contributed by atoms with E-state index in [4.69, 9.17) is 5.11 Å². The summed E-state index contributed by atoms with van der Waals surface area (Å²) in [6.07, 6.45) is 2.63. The first-order valence-corrected chi connectivity index (χ1v) is 3.07. The number of aromatic nitrogens is 3. The molecule has 0 aromatic carbocycles. The second kappa shape index (κ2) is 2.26. The van der Waals surface area contributed by atoms with Crippen molar-refractivity contribution in [3.63, 3.8) is 0 Å². The molecule has 2 heterocycles. The lowest BCUT2D eigenvalue weighted by atomic mass is 10.4. The first-order valence-electron chi connectivity index (χ1n) is 3.07. The Bertz CT molecular complexity index is 436. The molecule has 0 radical (unpaired) electrons. The molecule has 0 fully saturated rings. The molecule has 0 saturated carbocycles. The maximum Gasteiger partial charge on any atom is 0.377 e. The molecule has 60 valence electrons. The molecule has 6 heteroatoms. The van der Waals surface area contributed by atoms with Crippen molar-refractivity contribution in [1.82, 2.24) is 15.1 Å². The van der Waals surface area contributed by atoms with Gasteiger partial charge in [0.1, 0.15) is 11.8 Å². The van der Waals surface area contributed by atoms with E-state index in [1.165, 1.54) is 12.5 Å². The predicted molar refractivity (Wildman–Crippen MR) is 36.6 cm³/mol. The quantitative estimate of drug-likeness (QED) is 0.654. The summed E-state index contributed by atoms with van der Waals surface area (Å²) in [5.74, 6) is -1.44. The van der Waals surface area contributed by atoms with Gasteiger partial charge in [-0.2, -0.15) is 0 Å². The third-order valence-corrected chi connectivity index (χ3v) is 1.34. The first-order chi connectivity index (χ1) is 5.79. The smallest absolute Gasteiger partial charge is 0.377 e. The van der Waals surface area contributed by atoms with Gasteiger partial charge in [-0.15, -0.1) is 0 Å². The summed E-state index contributed by atoms with van der Waals surface area (Å²) in [6.45, 7) is 0. The highest BCUT2D eigenvalue weighted by molar-refractivity contribution is 5.97. The van der Waals surface area contributed by atoms with Gasteiger partial charge in [0.2, 0.25) is 0 Å². The third-order valence-electron chi connectivity index (χ3n) is 1.34. The Morgan fingerprint density at radius 3 is 3.17 bits per heavy atom. The van der Waals surface area contributed by atoms with E-state index in [1.807, 2.05) is 0 Å². The summed E-state index contributed by atoms with van der Waals surface area (Å²) in [5, 5.41) is 12.0. The number of carboxylic acids is 1. The van der Waals surface area contributed by atoms with Crippen LogP contribution in [-0.2, 0) is 0 Å². The maximum atomic E-state index is 10.5. The molecular formula is C6H3N3O3. The van der Waals surface area contributed by atoms with Crippen molar-refractivity contribution < 1.29 is 14.4 Å². The summed E-state index contributed by atoms with van der Waals surface area (Å²) in [6, 6.07) is 0. The van der Waals surface area contributed by atoms with Crippen LogP contribution in [0.4, 0.5) is 0 Å². The minimum absolute atomic E-state index is 0.220. The fourth-order valence-electron chi connectivity index (χ4n) is 0.842. The summed E-state index contributed by atoms with van der Waals surface area (Å²) in [4.78, 5) is 17.9. The predicted octanol–water partition coefficient (Wildman–Crippen LogP) is 0.316. The third kappa shape index (κ3) is 0.815. The molecule has 0 spiro atoms. The minimum atomic E-state index is -1.18. The number of hydrogen-bond donors (Lipinski definition) is 1. The number of fused-ring (bicyclic) bond motifs is 1. The highest BCUT2D eigenvalue weighted by Crippen LogP contribution is 2.12. The normalized spacial score (nSPS) is 10.3. The van der Waals surface area contributed by atoms with Crippen LogP contribution < -0.4 is 0 Å². The molecule has 0 atom stereocenters. The van der Waals surface area contributed by atoms with E-state index in [0.29, 0.717) is 5.52 Å². The average molecular weight is 165 g/mol. The van der Waals surface area contributed by atoms with Gasteiger partial charge in [0.25, 0.3) is 5.76 Å². The molecular weight excluding hydrogens is 162 g/mol. The Balaban J connectivity index is 2.79. The van der Waals surface area contributed by atoms with Gasteiger partial charge in [-0.25, -0.2) is 14.8 Å². The Labute approximate surface area is 65.8 Å². The fourth-order valence-corrected chi connectivity index (χ4v) is 0.842. The monoisotopic (exact) mass is 165 g/mol. The van der Waals surface area contributed by atoms with Gasteiger partial charge in [-0.05, 0) is 0 Å². The summed E-state index contributed by atoms with van der Waals surface area (Å²) in [5.41, 5.74) is 0.562. The number of aromatic carboxylic acids is 1. The minimum Gasteiger partial charge on any atom is -0.475 e. The molecule has 0 bridgehead atoms. The molecule has 0 unspecified atom stereocenters. The molecule has 6 nitrogen and oxygen atoms in total. The van der Waals surface area contributed by atoms with Crippen molar-refractivity contribution in [2.24, 2.45) is 0 Å². The number of carboxylic acid groups (broad SMARTS) is 1. The van der Waals surface area contributed by atoms with Crippen molar-refractivity contribution in [2.45, 2.75) is 0 Å². The van der Waals surface area contributed by atoms with E-state index >= 15 is 0 Å². The van der Waals surface area contributed by atoms with Crippen LogP contribution in [-0.4, -0.2) is 26.2 Å². The molecule has 2 aromatic heterocycles. The van der Waals surface area contributed by atoms with Gasteiger partial charge in [-0.3, -0.25) is 0 Å². The lowest BCUT2D eigenvalue weighted by molar-refractivity contribution is 0.0655. The Hall–Kier alpha value is -1.98. The van der Waals surface area contributed by atoms with Crippen LogP contribution in [0.25, 0.3) is 11.0 Å². The van der Waals surface area contributed by atoms with Crippen LogP contribution in [0.1, 0.15) is 10.6 Å². The Morgan fingerprint density at radius 1 is 1.58 bits per heavy atom. The number of hydrogen-bond acceptors (Lipinski definition) is 5. The molecule has 0 saturated heterocycles. The van der Waals surface area contributed by atoms with E-state index in [0.717, 1.165) is 0 Å². The standard InChI is InChI=1S/C6H3N3O3/c10-6(11)5-4-3(9-12-5)1-7-2-8-4/h1-2H,(H,10,11). The first kappa shape index (κ1) is 6.71.